The zero-order chi connectivity index (χ0) is 21.2. The van der Waals surface area contributed by atoms with E-state index in [0.29, 0.717) is 5.02 Å². The van der Waals surface area contributed by atoms with E-state index in [4.69, 9.17) is 21.1 Å². The van der Waals surface area contributed by atoms with Crippen LogP contribution in [0.5, 0.6) is 0 Å². The van der Waals surface area contributed by atoms with Crippen LogP contribution in [0, 0.1) is 0 Å². The van der Waals surface area contributed by atoms with E-state index in [1.165, 1.54) is 18.4 Å². The highest BCUT2D eigenvalue weighted by molar-refractivity contribution is 7.91. The third-order valence-corrected chi connectivity index (χ3v) is 6.34. The first-order chi connectivity index (χ1) is 13.6. The number of carbonyl (C=O) groups is 1. The van der Waals surface area contributed by atoms with Crippen LogP contribution in [0.25, 0.3) is 11.1 Å². The van der Waals surface area contributed by atoms with Crippen LogP contribution in [0.2, 0.25) is 5.02 Å². The number of hydroxylamine groups is 2. The third kappa shape index (κ3) is 4.90. The maximum Gasteiger partial charge on any atom is 0.244 e. The molecule has 0 aromatic heterocycles. The van der Waals surface area contributed by atoms with Crippen molar-refractivity contribution in [3.63, 3.8) is 0 Å². The normalized spacial score (nSPS) is 16.3. The van der Waals surface area contributed by atoms with E-state index in [1.54, 1.807) is 38.1 Å². The van der Waals surface area contributed by atoms with E-state index in [-0.39, 0.29) is 22.1 Å². The van der Waals surface area contributed by atoms with Crippen LogP contribution in [0.4, 0.5) is 0 Å². The van der Waals surface area contributed by atoms with Crippen molar-refractivity contribution in [1.82, 2.24) is 5.06 Å². The summed E-state index contributed by atoms with van der Waals surface area (Å²) >= 11 is 5.89. The van der Waals surface area contributed by atoms with Gasteiger partial charge in [-0.3, -0.25) is 10.0 Å². The molecule has 1 amide bonds. The molecule has 1 unspecified atom stereocenters. The summed E-state index contributed by atoms with van der Waals surface area (Å²) in [5.74, 6) is -1.54. The molecule has 29 heavy (non-hydrogen) atoms. The Balaban J connectivity index is 1.83. The minimum Gasteiger partial charge on any atom is -0.457 e. The lowest BCUT2D eigenvalue weighted by Gasteiger charge is -2.25. The SMILES string of the molecule is CC1(C)OC=C(C(CS(=O)(=O)c2ccc(-c3ccc(Cl)cc3)cc2)N(O)C=O)O1. The van der Waals surface area contributed by atoms with Crippen LogP contribution in [0.15, 0.2) is 65.4 Å². The Hall–Kier alpha value is -2.55. The molecule has 0 aliphatic carbocycles. The maximum atomic E-state index is 12.9. The lowest BCUT2D eigenvalue weighted by Crippen LogP contribution is -2.39. The van der Waals surface area contributed by atoms with Gasteiger partial charge in [0, 0.05) is 18.9 Å². The highest BCUT2D eigenvalue weighted by Crippen LogP contribution is 2.30. The number of amides is 1. The predicted octanol–water partition coefficient (Wildman–Crippen LogP) is 3.62. The summed E-state index contributed by atoms with van der Waals surface area (Å²) in [5.41, 5.74) is 1.72. The molecule has 2 aromatic rings. The van der Waals surface area contributed by atoms with E-state index in [1.807, 2.05) is 12.1 Å². The number of rotatable bonds is 7. The summed E-state index contributed by atoms with van der Waals surface area (Å²) in [7, 11) is -3.85. The standard InChI is InChI=1S/C20H20ClNO6S/c1-20(2)27-11-19(28-20)18(22(24)13-23)12-29(25,26)17-9-5-15(6-10-17)14-3-7-16(21)8-4-14/h3-11,13,18,24H,12H2,1-2H3. The van der Waals surface area contributed by atoms with Gasteiger partial charge in [0.25, 0.3) is 0 Å². The Morgan fingerprint density at radius 2 is 1.66 bits per heavy atom. The third-order valence-electron chi connectivity index (χ3n) is 4.35. The molecule has 1 N–H and O–H groups in total. The Morgan fingerprint density at radius 3 is 2.14 bits per heavy atom. The summed E-state index contributed by atoms with van der Waals surface area (Å²) in [6.45, 7) is 3.25. The van der Waals surface area contributed by atoms with Gasteiger partial charge in [0.2, 0.25) is 12.2 Å². The molecule has 0 radical (unpaired) electrons. The average Bonchev–Trinajstić information content (AvgIpc) is 3.06. The Labute approximate surface area is 174 Å². The fraction of sp³-hybridized carbons (Fsp3) is 0.250. The lowest BCUT2D eigenvalue weighted by molar-refractivity contribution is -0.165. The fourth-order valence-electron chi connectivity index (χ4n) is 2.84. The Kier molecular flexibility index (Phi) is 5.88. The lowest BCUT2D eigenvalue weighted by atomic mass is 10.1. The van der Waals surface area contributed by atoms with Crippen LogP contribution in [-0.2, 0) is 24.1 Å². The van der Waals surface area contributed by atoms with Crippen LogP contribution in [0.3, 0.4) is 0 Å². The number of ether oxygens (including phenoxy) is 2. The topological polar surface area (TPSA) is 93.1 Å². The highest BCUT2D eigenvalue weighted by atomic mass is 35.5. The Bertz CT molecular complexity index is 1020. The van der Waals surface area contributed by atoms with Crippen molar-refractivity contribution in [2.24, 2.45) is 0 Å². The van der Waals surface area contributed by atoms with Gasteiger partial charge in [0.1, 0.15) is 12.3 Å². The molecule has 0 bridgehead atoms. The molecule has 0 spiro atoms. The van der Waals surface area contributed by atoms with Gasteiger partial charge in [-0.15, -0.1) is 0 Å². The molecule has 2 aromatic carbocycles. The smallest absolute Gasteiger partial charge is 0.244 e. The highest BCUT2D eigenvalue weighted by Gasteiger charge is 2.37. The number of nitrogens with zero attached hydrogens (tertiary/aromatic N) is 1. The van der Waals surface area contributed by atoms with Crippen molar-refractivity contribution in [2.75, 3.05) is 5.75 Å². The van der Waals surface area contributed by atoms with Gasteiger partial charge < -0.3 is 9.47 Å². The van der Waals surface area contributed by atoms with Crippen LogP contribution in [0.1, 0.15) is 13.8 Å². The van der Waals surface area contributed by atoms with Gasteiger partial charge in [0.15, 0.2) is 15.6 Å². The van der Waals surface area contributed by atoms with Gasteiger partial charge in [-0.2, -0.15) is 0 Å². The fourth-order valence-corrected chi connectivity index (χ4v) is 4.44. The molecule has 1 heterocycles. The second-order valence-corrected chi connectivity index (χ2v) is 9.42. The molecular weight excluding hydrogens is 418 g/mol. The van der Waals surface area contributed by atoms with Gasteiger partial charge in [-0.05, 0) is 35.4 Å². The van der Waals surface area contributed by atoms with Crippen LogP contribution < -0.4 is 0 Å². The molecular formula is C20H20ClNO6S. The number of hydrogen-bond acceptors (Lipinski definition) is 6. The zero-order valence-electron chi connectivity index (χ0n) is 15.8. The zero-order valence-corrected chi connectivity index (χ0v) is 17.4. The minimum absolute atomic E-state index is 0.0472. The molecule has 1 atom stereocenters. The summed E-state index contributed by atoms with van der Waals surface area (Å²) in [6, 6.07) is 12.2. The summed E-state index contributed by atoms with van der Waals surface area (Å²) in [6.07, 6.45) is 1.33. The number of benzene rings is 2. The molecule has 1 aliphatic heterocycles. The first-order valence-electron chi connectivity index (χ1n) is 8.69. The second kappa shape index (κ2) is 8.06. The van der Waals surface area contributed by atoms with Crippen molar-refractivity contribution in [1.29, 1.82) is 0 Å². The van der Waals surface area contributed by atoms with E-state index in [0.717, 1.165) is 11.1 Å². The summed E-state index contributed by atoms with van der Waals surface area (Å²) in [5, 5.41) is 10.8. The molecule has 0 fully saturated rings. The minimum atomic E-state index is -3.85. The van der Waals surface area contributed by atoms with E-state index in [9.17, 15) is 18.4 Å². The van der Waals surface area contributed by atoms with Crippen molar-refractivity contribution < 1.29 is 27.9 Å². The summed E-state index contributed by atoms with van der Waals surface area (Å²) < 4.78 is 36.5. The van der Waals surface area contributed by atoms with Crippen molar-refractivity contribution in [2.45, 2.75) is 30.6 Å². The number of halogens is 1. The quantitative estimate of drug-likeness (QED) is 0.404. The van der Waals surface area contributed by atoms with Crippen molar-refractivity contribution in [3.8, 4) is 11.1 Å². The molecule has 154 valence electrons. The number of carbonyl (C=O) groups excluding carboxylic acids is 1. The van der Waals surface area contributed by atoms with Gasteiger partial charge in [0.05, 0.1) is 10.6 Å². The van der Waals surface area contributed by atoms with Crippen molar-refractivity contribution in [3.05, 3.63) is 65.6 Å². The molecule has 3 rings (SSSR count). The maximum absolute atomic E-state index is 12.9. The van der Waals surface area contributed by atoms with Crippen molar-refractivity contribution >= 4 is 27.8 Å². The number of hydrogen-bond donors (Lipinski definition) is 1. The molecule has 0 saturated heterocycles. The largest absolute Gasteiger partial charge is 0.457 e. The predicted molar refractivity (Wildman–Crippen MR) is 107 cm³/mol. The summed E-state index contributed by atoms with van der Waals surface area (Å²) in [4.78, 5) is 11.1. The van der Waals surface area contributed by atoms with Gasteiger partial charge in [-0.1, -0.05) is 35.9 Å². The first-order valence-corrected chi connectivity index (χ1v) is 10.7. The molecule has 1 aliphatic rings. The van der Waals surface area contributed by atoms with E-state index in [2.05, 4.69) is 0 Å². The first kappa shape index (κ1) is 21.2. The molecule has 0 saturated carbocycles. The monoisotopic (exact) mass is 437 g/mol. The van der Waals surface area contributed by atoms with Crippen LogP contribution >= 0.6 is 11.6 Å². The van der Waals surface area contributed by atoms with Gasteiger partial charge >= 0.3 is 0 Å². The van der Waals surface area contributed by atoms with E-state index < -0.39 is 27.4 Å². The Morgan fingerprint density at radius 1 is 1.10 bits per heavy atom. The van der Waals surface area contributed by atoms with E-state index >= 15 is 0 Å². The van der Waals surface area contributed by atoms with Gasteiger partial charge in [-0.25, -0.2) is 13.5 Å². The average molecular weight is 438 g/mol. The second-order valence-electron chi connectivity index (χ2n) is 6.95. The molecule has 7 nitrogen and oxygen atoms in total. The number of sulfone groups is 1. The molecule has 9 heteroatoms. The van der Waals surface area contributed by atoms with Crippen LogP contribution in [-0.4, -0.2) is 42.7 Å².